The first-order chi connectivity index (χ1) is 8.69. The smallest absolute Gasteiger partial charge is 0.151 e. The van der Waals surface area contributed by atoms with Crippen molar-refractivity contribution in [2.24, 2.45) is 7.05 Å². The number of hydrogen-bond acceptors (Lipinski definition) is 6. The zero-order chi connectivity index (χ0) is 13.0. The third kappa shape index (κ3) is 2.93. The summed E-state index contributed by atoms with van der Waals surface area (Å²) in [5.41, 5.74) is 0. The van der Waals surface area contributed by atoms with Crippen LogP contribution < -0.4 is 10.6 Å². The molecule has 0 aliphatic carbocycles. The standard InChI is InChI=1S/C11H17N7/c1-4-12-9-5-10(16-8(2)15-9)13-6-11-17-14-7-18(11)3/h5,7H,4,6H2,1-3H3,(H2,12,13,15,16). The first-order valence-corrected chi connectivity index (χ1v) is 5.85. The lowest BCUT2D eigenvalue weighted by molar-refractivity contribution is 0.809. The first-order valence-electron chi connectivity index (χ1n) is 5.85. The van der Waals surface area contributed by atoms with Gasteiger partial charge in [0.25, 0.3) is 0 Å². The average Bonchev–Trinajstić information content (AvgIpc) is 2.72. The summed E-state index contributed by atoms with van der Waals surface area (Å²) in [6.07, 6.45) is 1.67. The summed E-state index contributed by atoms with van der Waals surface area (Å²) in [6.45, 7) is 5.32. The van der Waals surface area contributed by atoms with E-state index in [1.54, 1.807) is 6.33 Å². The van der Waals surface area contributed by atoms with Gasteiger partial charge in [0.1, 0.15) is 23.8 Å². The maximum Gasteiger partial charge on any atom is 0.151 e. The van der Waals surface area contributed by atoms with Gasteiger partial charge in [-0.25, -0.2) is 9.97 Å². The third-order valence-electron chi connectivity index (χ3n) is 2.43. The summed E-state index contributed by atoms with van der Waals surface area (Å²) in [4.78, 5) is 8.62. The van der Waals surface area contributed by atoms with Crippen LogP contribution >= 0.6 is 0 Å². The number of nitrogens with zero attached hydrogens (tertiary/aromatic N) is 5. The minimum atomic E-state index is 0.582. The molecule has 2 N–H and O–H groups in total. The molecular weight excluding hydrogens is 230 g/mol. The quantitative estimate of drug-likeness (QED) is 0.819. The zero-order valence-electron chi connectivity index (χ0n) is 10.8. The first kappa shape index (κ1) is 12.3. The van der Waals surface area contributed by atoms with Crippen LogP contribution in [0.3, 0.4) is 0 Å². The highest BCUT2D eigenvalue weighted by molar-refractivity contribution is 5.47. The molecule has 0 bridgehead atoms. The van der Waals surface area contributed by atoms with Gasteiger partial charge in [0.15, 0.2) is 5.82 Å². The van der Waals surface area contributed by atoms with E-state index in [0.29, 0.717) is 6.54 Å². The molecule has 96 valence electrons. The van der Waals surface area contributed by atoms with Crippen LogP contribution in [0.2, 0.25) is 0 Å². The fourth-order valence-corrected chi connectivity index (χ4v) is 1.57. The molecule has 0 saturated heterocycles. The Hall–Kier alpha value is -2.18. The summed E-state index contributed by atoms with van der Waals surface area (Å²) in [5.74, 6) is 3.19. The Kier molecular flexibility index (Phi) is 3.71. The summed E-state index contributed by atoms with van der Waals surface area (Å²) in [7, 11) is 1.91. The zero-order valence-corrected chi connectivity index (χ0v) is 10.8. The molecule has 7 heteroatoms. The van der Waals surface area contributed by atoms with E-state index in [-0.39, 0.29) is 0 Å². The third-order valence-corrected chi connectivity index (χ3v) is 2.43. The summed E-state index contributed by atoms with van der Waals surface area (Å²) in [5, 5.41) is 14.2. The normalized spacial score (nSPS) is 10.4. The van der Waals surface area contributed by atoms with Crippen LogP contribution in [-0.4, -0.2) is 31.3 Å². The Morgan fingerprint density at radius 1 is 1.22 bits per heavy atom. The minimum Gasteiger partial charge on any atom is -0.370 e. The van der Waals surface area contributed by atoms with Crippen molar-refractivity contribution in [3.8, 4) is 0 Å². The summed E-state index contributed by atoms with van der Waals surface area (Å²) < 4.78 is 1.87. The fourth-order valence-electron chi connectivity index (χ4n) is 1.57. The molecule has 0 fully saturated rings. The molecule has 7 nitrogen and oxygen atoms in total. The van der Waals surface area contributed by atoms with Crippen molar-refractivity contribution in [2.75, 3.05) is 17.2 Å². The van der Waals surface area contributed by atoms with Gasteiger partial charge in [-0.1, -0.05) is 0 Å². The van der Waals surface area contributed by atoms with Crippen molar-refractivity contribution in [1.82, 2.24) is 24.7 Å². The molecule has 0 saturated carbocycles. The number of aromatic nitrogens is 5. The lowest BCUT2D eigenvalue weighted by atomic mass is 10.4. The lowest BCUT2D eigenvalue weighted by Gasteiger charge is -2.08. The Morgan fingerprint density at radius 3 is 2.56 bits per heavy atom. The molecule has 0 unspecified atom stereocenters. The second-order valence-corrected chi connectivity index (χ2v) is 3.93. The van der Waals surface area contributed by atoms with Crippen molar-refractivity contribution in [3.63, 3.8) is 0 Å². The van der Waals surface area contributed by atoms with Gasteiger partial charge in [0, 0.05) is 19.7 Å². The van der Waals surface area contributed by atoms with E-state index >= 15 is 0 Å². The minimum absolute atomic E-state index is 0.582. The Morgan fingerprint density at radius 2 is 1.94 bits per heavy atom. The predicted octanol–water partition coefficient (Wildman–Crippen LogP) is 0.957. The van der Waals surface area contributed by atoms with E-state index in [1.165, 1.54) is 0 Å². The Balaban J connectivity index is 2.07. The van der Waals surface area contributed by atoms with Crippen LogP contribution in [0.25, 0.3) is 0 Å². The molecule has 0 aliphatic heterocycles. The summed E-state index contributed by atoms with van der Waals surface area (Å²) in [6, 6.07) is 1.88. The molecule has 2 aromatic heterocycles. The monoisotopic (exact) mass is 247 g/mol. The van der Waals surface area contributed by atoms with Gasteiger partial charge < -0.3 is 15.2 Å². The van der Waals surface area contributed by atoms with Crippen LogP contribution in [0.1, 0.15) is 18.6 Å². The van der Waals surface area contributed by atoms with Crippen LogP contribution in [0.15, 0.2) is 12.4 Å². The molecule has 0 radical (unpaired) electrons. The van der Waals surface area contributed by atoms with Gasteiger partial charge in [-0.15, -0.1) is 10.2 Å². The number of aryl methyl sites for hydroxylation is 2. The van der Waals surface area contributed by atoms with E-state index in [0.717, 1.165) is 29.8 Å². The molecule has 0 atom stereocenters. The largest absolute Gasteiger partial charge is 0.370 e. The van der Waals surface area contributed by atoms with Gasteiger partial charge in [0.05, 0.1) is 6.54 Å². The SMILES string of the molecule is CCNc1cc(NCc2nncn2C)nc(C)n1. The van der Waals surface area contributed by atoms with E-state index in [1.807, 2.05) is 31.5 Å². The molecule has 0 spiro atoms. The molecule has 0 amide bonds. The molecule has 0 aliphatic rings. The number of nitrogens with one attached hydrogen (secondary N) is 2. The lowest BCUT2D eigenvalue weighted by Crippen LogP contribution is -2.09. The van der Waals surface area contributed by atoms with Crippen molar-refractivity contribution in [2.45, 2.75) is 20.4 Å². The van der Waals surface area contributed by atoms with Crippen molar-refractivity contribution in [1.29, 1.82) is 0 Å². The maximum atomic E-state index is 4.33. The van der Waals surface area contributed by atoms with Crippen LogP contribution in [0, 0.1) is 6.92 Å². The van der Waals surface area contributed by atoms with Crippen LogP contribution in [0.5, 0.6) is 0 Å². The van der Waals surface area contributed by atoms with E-state index in [2.05, 4.69) is 30.8 Å². The van der Waals surface area contributed by atoms with Crippen molar-refractivity contribution in [3.05, 3.63) is 24.0 Å². The molecular formula is C11H17N7. The second-order valence-electron chi connectivity index (χ2n) is 3.93. The Labute approximate surface area is 106 Å². The highest BCUT2D eigenvalue weighted by Gasteiger charge is 2.03. The van der Waals surface area contributed by atoms with Crippen LogP contribution in [-0.2, 0) is 13.6 Å². The maximum absolute atomic E-state index is 4.33. The predicted molar refractivity (Wildman–Crippen MR) is 69.3 cm³/mol. The molecule has 2 aromatic rings. The van der Waals surface area contributed by atoms with Gasteiger partial charge >= 0.3 is 0 Å². The molecule has 0 aromatic carbocycles. The summed E-state index contributed by atoms with van der Waals surface area (Å²) >= 11 is 0. The number of hydrogen-bond donors (Lipinski definition) is 2. The van der Waals surface area contributed by atoms with E-state index in [9.17, 15) is 0 Å². The molecule has 2 rings (SSSR count). The van der Waals surface area contributed by atoms with Crippen molar-refractivity contribution < 1.29 is 0 Å². The van der Waals surface area contributed by atoms with E-state index in [4.69, 9.17) is 0 Å². The molecule has 2 heterocycles. The van der Waals surface area contributed by atoms with Gasteiger partial charge in [-0.2, -0.15) is 0 Å². The van der Waals surface area contributed by atoms with Gasteiger partial charge in [0.2, 0.25) is 0 Å². The number of rotatable bonds is 5. The number of anilines is 2. The topological polar surface area (TPSA) is 80.5 Å². The van der Waals surface area contributed by atoms with Crippen molar-refractivity contribution >= 4 is 11.6 Å². The highest BCUT2D eigenvalue weighted by Crippen LogP contribution is 2.11. The highest BCUT2D eigenvalue weighted by atomic mass is 15.3. The van der Waals surface area contributed by atoms with Gasteiger partial charge in [-0.05, 0) is 13.8 Å². The fraction of sp³-hybridized carbons (Fsp3) is 0.455. The Bertz CT molecular complexity index is 520. The second kappa shape index (κ2) is 5.44. The molecule has 18 heavy (non-hydrogen) atoms. The van der Waals surface area contributed by atoms with Crippen LogP contribution in [0.4, 0.5) is 11.6 Å². The van der Waals surface area contributed by atoms with E-state index < -0.39 is 0 Å². The van der Waals surface area contributed by atoms with Gasteiger partial charge in [-0.3, -0.25) is 0 Å². The average molecular weight is 247 g/mol.